The van der Waals surface area contributed by atoms with Crippen LogP contribution in [0.4, 0.5) is 21.5 Å². The monoisotopic (exact) mass is 413 g/mol. The Morgan fingerprint density at radius 2 is 1.76 bits per heavy atom. The van der Waals surface area contributed by atoms with Crippen LogP contribution in [0.2, 0.25) is 0 Å². The number of amides is 2. The van der Waals surface area contributed by atoms with Crippen LogP contribution in [0.25, 0.3) is 10.8 Å². The molecule has 0 radical (unpaired) electrons. The molecule has 0 aliphatic carbocycles. The zero-order valence-corrected chi connectivity index (χ0v) is 16.1. The Labute approximate surface area is 166 Å². The molecule has 0 bridgehead atoms. The van der Waals surface area contributed by atoms with Crippen LogP contribution in [0.5, 0.6) is 0 Å². The third kappa shape index (κ3) is 3.29. The number of nitrogens with one attached hydrogen (secondary N) is 2. The number of nitrogens with zero attached hydrogens (tertiary/aromatic N) is 1. The summed E-state index contributed by atoms with van der Waals surface area (Å²) in [6, 6.07) is 13.9. The third-order valence-electron chi connectivity index (χ3n) is 4.53. The number of carbonyl (C=O) groups excluding carboxylic acids is 2. The highest BCUT2D eigenvalue weighted by Crippen LogP contribution is 2.41. The summed E-state index contributed by atoms with van der Waals surface area (Å²) in [7, 11) is -3.86. The first-order valence-corrected chi connectivity index (χ1v) is 10.1. The lowest BCUT2D eigenvalue weighted by atomic mass is 10.1. The Kier molecular flexibility index (Phi) is 4.46. The summed E-state index contributed by atoms with van der Waals surface area (Å²) in [5, 5.41) is 6.22. The van der Waals surface area contributed by atoms with Crippen molar-refractivity contribution in [3.8, 4) is 0 Å². The van der Waals surface area contributed by atoms with E-state index in [2.05, 4.69) is 10.6 Å². The molecule has 9 heteroatoms. The van der Waals surface area contributed by atoms with Crippen molar-refractivity contribution >= 4 is 49.7 Å². The molecule has 29 heavy (non-hydrogen) atoms. The van der Waals surface area contributed by atoms with Crippen molar-refractivity contribution < 1.29 is 22.4 Å². The molecule has 0 saturated carbocycles. The quantitative estimate of drug-likeness (QED) is 0.687. The van der Waals surface area contributed by atoms with Gasteiger partial charge in [0.1, 0.15) is 12.4 Å². The second-order valence-corrected chi connectivity index (χ2v) is 8.40. The SMILES string of the molecule is CC(=O)Nc1cc(NC(=O)CN2c3cccc4cccc(c34)S2(=O)=O)ccc1F. The van der Waals surface area contributed by atoms with Gasteiger partial charge in [-0.05, 0) is 35.7 Å². The second-order valence-electron chi connectivity index (χ2n) is 6.57. The molecule has 2 amide bonds. The van der Waals surface area contributed by atoms with Crippen LogP contribution < -0.4 is 14.9 Å². The highest BCUT2D eigenvalue weighted by Gasteiger charge is 2.36. The van der Waals surface area contributed by atoms with Gasteiger partial charge in [0, 0.05) is 18.0 Å². The van der Waals surface area contributed by atoms with Gasteiger partial charge in [0.15, 0.2) is 0 Å². The molecule has 0 fully saturated rings. The molecule has 1 aliphatic rings. The number of hydrogen-bond donors (Lipinski definition) is 2. The lowest BCUT2D eigenvalue weighted by Crippen LogP contribution is -2.35. The van der Waals surface area contributed by atoms with Crippen LogP contribution in [0.3, 0.4) is 0 Å². The van der Waals surface area contributed by atoms with Crippen LogP contribution in [-0.2, 0) is 19.6 Å². The Morgan fingerprint density at radius 1 is 1.03 bits per heavy atom. The van der Waals surface area contributed by atoms with Gasteiger partial charge in [-0.3, -0.25) is 13.9 Å². The fourth-order valence-electron chi connectivity index (χ4n) is 3.35. The van der Waals surface area contributed by atoms with Crippen molar-refractivity contribution in [2.24, 2.45) is 0 Å². The van der Waals surface area contributed by atoms with E-state index in [9.17, 15) is 22.4 Å². The number of hydrogen-bond acceptors (Lipinski definition) is 4. The molecule has 3 aromatic rings. The van der Waals surface area contributed by atoms with E-state index in [1.54, 1.807) is 18.2 Å². The molecular formula is C20H16FN3O4S. The van der Waals surface area contributed by atoms with E-state index in [0.717, 1.165) is 15.8 Å². The first-order chi connectivity index (χ1) is 13.8. The summed E-state index contributed by atoms with van der Waals surface area (Å²) in [5.74, 6) is -1.71. The van der Waals surface area contributed by atoms with Gasteiger partial charge >= 0.3 is 0 Å². The van der Waals surface area contributed by atoms with E-state index in [1.807, 2.05) is 12.1 Å². The first kappa shape index (κ1) is 18.9. The second kappa shape index (κ2) is 6.85. The smallest absolute Gasteiger partial charge is 0.265 e. The average Bonchev–Trinajstić information content (AvgIpc) is 2.87. The summed E-state index contributed by atoms with van der Waals surface area (Å²) in [4.78, 5) is 23.9. The minimum absolute atomic E-state index is 0.0822. The summed E-state index contributed by atoms with van der Waals surface area (Å²) < 4.78 is 40.7. The predicted molar refractivity (Wildman–Crippen MR) is 108 cm³/mol. The van der Waals surface area contributed by atoms with Crippen molar-refractivity contribution in [1.82, 2.24) is 0 Å². The number of carbonyl (C=O) groups is 2. The summed E-state index contributed by atoms with van der Waals surface area (Å²) in [6.45, 7) is 0.796. The summed E-state index contributed by atoms with van der Waals surface area (Å²) >= 11 is 0. The highest BCUT2D eigenvalue weighted by atomic mass is 32.2. The number of anilines is 3. The normalized spacial score (nSPS) is 14.1. The Morgan fingerprint density at radius 3 is 2.48 bits per heavy atom. The minimum atomic E-state index is -3.86. The van der Waals surface area contributed by atoms with Crippen LogP contribution >= 0.6 is 0 Å². The molecule has 148 valence electrons. The maximum absolute atomic E-state index is 13.8. The number of halogens is 1. The lowest BCUT2D eigenvalue weighted by Gasteiger charge is -2.18. The van der Waals surface area contributed by atoms with Gasteiger partial charge in [-0.2, -0.15) is 0 Å². The maximum Gasteiger partial charge on any atom is 0.265 e. The molecular weight excluding hydrogens is 397 g/mol. The van der Waals surface area contributed by atoms with Crippen molar-refractivity contribution in [2.45, 2.75) is 11.8 Å². The molecule has 4 rings (SSSR count). The Bertz CT molecular complexity index is 1270. The zero-order valence-electron chi connectivity index (χ0n) is 15.3. The van der Waals surface area contributed by atoms with Gasteiger partial charge < -0.3 is 10.6 Å². The van der Waals surface area contributed by atoms with Crippen LogP contribution in [0.1, 0.15) is 6.92 Å². The van der Waals surface area contributed by atoms with Crippen molar-refractivity contribution in [3.05, 3.63) is 60.4 Å². The van der Waals surface area contributed by atoms with Crippen molar-refractivity contribution in [2.75, 3.05) is 21.5 Å². The van der Waals surface area contributed by atoms with Crippen molar-refractivity contribution in [3.63, 3.8) is 0 Å². The Hall–Kier alpha value is -3.46. The number of rotatable bonds is 4. The molecule has 0 aromatic heterocycles. The van der Waals surface area contributed by atoms with E-state index in [0.29, 0.717) is 11.1 Å². The number of sulfonamides is 1. The molecule has 2 N–H and O–H groups in total. The molecule has 1 aliphatic heterocycles. The van der Waals surface area contributed by atoms with Gasteiger partial charge in [-0.15, -0.1) is 0 Å². The van der Waals surface area contributed by atoms with E-state index in [-0.39, 0.29) is 16.3 Å². The topological polar surface area (TPSA) is 95.6 Å². The Balaban J connectivity index is 1.60. The fourth-order valence-corrected chi connectivity index (χ4v) is 5.01. The van der Waals surface area contributed by atoms with Crippen LogP contribution in [-0.4, -0.2) is 26.8 Å². The van der Waals surface area contributed by atoms with E-state index in [4.69, 9.17) is 0 Å². The largest absolute Gasteiger partial charge is 0.324 e. The van der Waals surface area contributed by atoms with E-state index in [1.165, 1.54) is 25.1 Å². The highest BCUT2D eigenvalue weighted by molar-refractivity contribution is 7.93. The fraction of sp³-hybridized carbons (Fsp3) is 0.100. The maximum atomic E-state index is 13.8. The third-order valence-corrected chi connectivity index (χ3v) is 6.33. The van der Waals surface area contributed by atoms with Gasteiger partial charge in [-0.1, -0.05) is 24.3 Å². The zero-order chi connectivity index (χ0) is 20.8. The lowest BCUT2D eigenvalue weighted by molar-refractivity contribution is -0.115. The average molecular weight is 413 g/mol. The predicted octanol–water partition coefficient (Wildman–Crippen LogP) is 3.08. The molecule has 0 unspecified atom stereocenters. The molecule has 0 spiro atoms. The molecule has 3 aromatic carbocycles. The van der Waals surface area contributed by atoms with Gasteiger partial charge in [0.25, 0.3) is 10.0 Å². The van der Waals surface area contributed by atoms with Crippen LogP contribution in [0, 0.1) is 5.82 Å². The standard InChI is InChI=1S/C20H16FN3O4S/c1-12(25)22-16-10-14(8-9-15(16)21)23-19(26)11-24-17-6-2-4-13-5-3-7-18(20(13)17)29(24,27)28/h2-10H,11H2,1H3,(H,22,25)(H,23,26). The number of benzene rings is 3. The molecule has 0 saturated heterocycles. The van der Waals surface area contributed by atoms with E-state index < -0.39 is 34.2 Å². The summed E-state index contributed by atoms with van der Waals surface area (Å²) in [5.41, 5.74) is 0.583. The van der Waals surface area contributed by atoms with Gasteiger partial charge in [-0.25, -0.2) is 12.8 Å². The van der Waals surface area contributed by atoms with Crippen LogP contribution in [0.15, 0.2) is 59.5 Å². The van der Waals surface area contributed by atoms with Crippen molar-refractivity contribution in [1.29, 1.82) is 0 Å². The molecule has 7 nitrogen and oxygen atoms in total. The summed E-state index contributed by atoms with van der Waals surface area (Å²) in [6.07, 6.45) is 0. The minimum Gasteiger partial charge on any atom is -0.324 e. The molecule has 1 heterocycles. The van der Waals surface area contributed by atoms with Gasteiger partial charge in [0.05, 0.1) is 16.3 Å². The van der Waals surface area contributed by atoms with E-state index >= 15 is 0 Å². The molecule has 0 atom stereocenters. The first-order valence-electron chi connectivity index (χ1n) is 8.69. The van der Waals surface area contributed by atoms with Gasteiger partial charge in [0.2, 0.25) is 11.8 Å².